The predicted molar refractivity (Wildman–Crippen MR) is 83.2 cm³/mol. The van der Waals surface area contributed by atoms with Crippen molar-refractivity contribution in [3.8, 4) is 0 Å². The molecule has 120 valence electrons. The lowest BCUT2D eigenvalue weighted by molar-refractivity contribution is -0.145. The summed E-state index contributed by atoms with van der Waals surface area (Å²) in [5.41, 5.74) is 0.0141. The van der Waals surface area contributed by atoms with Crippen molar-refractivity contribution in [2.45, 2.75) is 59.9 Å². The molecule has 5 nitrogen and oxygen atoms in total. The Bertz CT molecular complexity index is 291. The number of carbonyl (C=O) groups excluding carboxylic acids is 2. The Morgan fingerprint density at radius 2 is 1.80 bits per heavy atom. The largest absolute Gasteiger partial charge is 0.464 e. The highest BCUT2D eigenvalue weighted by Gasteiger charge is 2.22. The fraction of sp³-hybridized carbons (Fsp3) is 0.857. The Kier molecular flexibility index (Phi) is 11.5. The third-order valence-electron chi connectivity index (χ3n) is 2.50. The van der Waals surface area contributed by atoms with Crippen molar-refractivity contribution < 1.29 is 14.3 Å². The van der Waals surface area contributed by atoms with Gasteiger partial charge < -0.3 is 15.4 Å². The van der Waals surface area contributed by atoms with E-state index >= 15 is 0 Å². The van der Waals surface area contributed by atoms with Gasteiger partial charge in [0, 0.05) is 6.54 Å². The van der Waals surface area contributed by atoms with Crippen LogP contribution in [0.5, 0.6) is 0 Å². The predicted octanol–water partition coefficient (Wildman–Crippen LogP) is 2.88. The zero-order valence-electron chi connectivity index (χ0n) is 13.2. The van der Waals surface area contributed by atoms with Crippen LogP contribution in [0.4, 0.5) is 4.79 Å². The number of halogens is 1. The fourth-order valence-corrected chi connectivity index (χ4v) is 1.45. The second kappa shape index (κ2) is 10.8. The minimum atomic E-state index is -0.556. The maximum atomic E-state index is 11.7. The summed E-state index contributed by atoms with van der Waals surface area (Å²) < 4.78 is 4.97. The molecule has 0 heterocycles. The van der Waals surface area contributed by atoms with Crippen molar-refractivity contribution in [1.82, 2.24) is 10.6 Å². The van der Waals surface area contributed by atoms with Gasteiger partial charge in [-0.1, -0.05) is 40.5 Å². The Balaban J connectivity index is 0. The summed E-state index contributed by atoms with van der Waals surface area (Å²) in [5, 5.41) is 5.45. The lowest BCUT2D eigenvalue weighted by Crippen LogP contribution is -2.48. The molecule has 0 aromatic carbocycles. The van der Waals surface area contributed by atoms with Crippen LogP contribution in [0.15, 0.2) is 0 Å². The van der Waals surface area contributed by atoms with Crippen LogP contribution in [0.2, 0.25) is 0 Å². The first-order chi connectivity index (χ1) is 8.80. The Hall–Kier alpha value is -0.970. The van der Waals surface area contributed by atoms with E-state index in [4.69, 9.17) is 4.74 Å². The maximum Gasteiger partial charge on any atom is 0.328 e. The van der Waals surface area contributed by atoms with E-state index in [2.05, 4.69) is 10.6 Å². The molecule has 0 saturated heterocycles. The smallest absolute Gasteiger partial charge is 0.328 e. The molecule has 0 aliphatic carbocycles. The number of hydrogen-bond donors (Lipinski definition) is 2. The van der Waals surface area contributed by atoms with E-state index in [0.717, 1.165) is 12.8 Å². The highest BCUT2D eigenvalue weighted by atomic mass is 35.5. The lowest BCUT2D eigenvalue weighted by Gasteiger charge is -2.21. The first-order valence-electron chi connectivity index (χ1n) is 7.01. The van der Waals surface area contributed by atoms with Gasteiger partial charge in [0.15, 0.2) is 0 Å². The SMILES string of the molecule is CCCC[C@H](NC(=O)NCC(C)(C)C)C(=O)OCC.Cl. The number of esters is 1. The zero-order chi connectivity index (χ0) is 14.9. The van der Waals surface area contributed by atoms with Crippen LogP contribution in [0.1, 0.15) is 53.9 Å². The van der Waals surface area contributed by atoms with Crippen molar-refractivity contribution in [1.29, 1.82) is 0 Å². The number of unbranched alkanes of at least 4 members (excludes halogenated alkanes) is 1. The van der Waals surface area contributed by atoms with Crippen LogP contribution < -0.4 is 10.6 Å². The summed E-state index contributed by atoms with van der Waals surface area (Å²) in [7, 11) is 0. The molecule has 0 rings (SSSR count). The Morgan fingerprint density at radius 3 is 2.25 bits per heavy atom. The summed E-state index contributed by atoms with van der Waals surface area (Å²) in [6.07, 6.45) is 2.46. The van der Waals surface area contributed by atoms with Gasteiger partial charge in [0.05, 0.1) is 6.61 Å². The van der Waals surface area contributed by atoms with E-state index in [1.165, 1.54) is 0 Å². The number of ether oxygens (including phenoxy) is 1. The van der Waals surface area contributed by atoms with E-state index in [0.29, 0.717) is 19.6 Å². The van der Waals surface area contributed by atoms with Crippen molar-refractivity contribution in [3.05, 3.63) is 0 Å². The molecule has 6 heteroatoms. The average Bonchev–Trinajstić information content (AvgIpc) is 2.31. The van der Waals surface area contributed by atoms with Gasteiger partial charge >= 0.3 is 12.0 Å². The van der Waals surface area contributed by atoms with E-state index in [-0.39, 0.29) is 29.8 Å². The summed E-state index contributed by atoms with van der Waals surface area (Å²) in [4.78, 5) is 23.5. The summed E-state index contributed by atoms with van der Waals surface area (Å²) in [6, 6.07) is -0.871. The lowest BCUT2D eigenvalue weighted by atomic mass is 9.97. The summed E-state index contributed by atoms with van der Waals surface area (Å²) >= 11 is 0. The molecule has 0 unspecified atom stereocenters. The molecule has 0 aliphatic rings. The van der Waals surface area contributed by atoms with Gasteiger partial charge in [-0.25, -0.2) is 9.59 Å². The van der Waals surface area contributed by atoms with Gasteiger partial charge in [0.2, 0.25) is 0 Å². The zero-order valence-corrected chi connectivity index (χ0v) is 14.1. The molecule has 0 aromatic heterocycles. The van der Waals surface area contributed by atoms with Crippen molar-refractivity contribution in [2.24, 2.45) is 5.41 Å². The minimum Gasteiger partial charge on any atom is -0.464 e. The summed E-state index contributed by atoms with van der Waals surface area (Å²) in [5.74, 6) is -0.359. The number of rotatable bonds is 7. The molecule has 0 saturated carbocycles. The first-order valence-corrected chi connectivity index (χ1v) is 7.01. The maximum absolute atomic E-state index is 11.7. The first kappa shape index (κ1) is 21.3. The second-order valence-corrected chi connectivity index (χ2v) is 5.83. The molecule has 0 aliphatic heterocycles. The standard InChI is InChI=1S/C14H28N2O3.ClH/c1-6-8-9-11(12(17)19-7-2)16-13(18)15-10-14(3,4)5;/h11H,6-10H2,1-5H3,(H2,15,16,18);1H/t11-;/m0./s1. The monoisotopic (exact) mass is 308 g/mol. The second-order valence-electron chi connectivity index (χ2n) is 5.83. The summed E-state index contributed by atoms with van der Waals surface area (Å²) in [6.45, 7) is 10.8. The van der Waals surface area contributed by atoms with Crippen LogP contribution in [-0.4, -0.2) is 31.2 Å². The van der Waals surface area contributed by atoms with E-state index < -0.39 is 6.04 Å². The number of urea groups is 1. The fourth-order valence-electron chi connectivity index (χ4n) is 1.45. The van der Waals surface area contributed by atoms with Crippen LogP contribution in [-0.2, 0) is 9.53 Å². The number of hydrogen-bond acceptors (Lipinski definition) is 3. The molecule has 0 bridgehead atoms. The molecule has 0 spiro atoms. The van der Waals surface area contributed by atoms with Crippen LogP contribution >= 0.6 is 12.4 Å². The Morgan fingerprint density at radius 1 is 1.20 bits per heavy atom. The van der Waals surface area contributed by atoms with E-state index in [1.54, 1.807) is 6.92 Å². The molecule has 0 aromatic rings. The quantitative estimate of drug-likeness (QED) is 0.711. The molecular weight excluding hydrogens is 280 g/mol. The van der Waals surface area contributed by atoms with Gasteiger partial charge in [-0.05, 0) is 18.8 Å². The molecule has 1 atom stereocenters. The number of carbonyl (C=O) groups is 2. The van der Waals surface area contributed by atoms with Crippen molar-refractivity contribution in [3.63, 3.8) is 0 Å². The molecule has 2 N–H and O–H groups in total. The van der Waals surface area contributed by atoms with Gasteiger partial charge in [-0.15, -0.1) is 12.4 Å². The average molecular weight is 309 g/mol. The topological polar surface area (TPSA) is 67.4 Å². The van der Waals surface area contributed by atoms with Gasteiger partial charge in [-0.3, -0.25) is 0 Å². The van der Waals surface area contributed by atoms with Crippen molar-refractivity contribution in [2.75, 3.05) is 13.2 Å². The van der Waals surface area contributed by atoms with E-state index in [9.17, 15) is 9.59 Å². The number of amides is 2. The molecule has 0 radical (unpaired) electrons. The van der Waals surface area contributed by atoms with E-state index in [1.807, 2.05) is 27.7 Å². The van der Waals surface area contributed by atoms with Gasteiger partial charge in [-0.2, -0.15) is 0 Å². The third kappa shape index (κ3) is 10.9. The minimum absolute atomic E-state index is 0. The normalized spacial score (nSPS) is 12.1. The third-order valence-corrected chi connectivity index (χ3v) is 2.50. The highest BCUT2D eigenvalue weighted by molar-refractivity contribution is 5.85. The molecule has 0 fully saturated rings. The number of nitrogens with one attached hydrogen (secondary N) is 2. The molecule has 2 amide bonds. The van der Waals surface area contributed by atoms with Crippen LogP contribution in [0.3, 0.4) is 0 Å². The van der Waals surface area contributed by atoms with Gasteiger partial charge in [0.25, 0.3) is 0 Å². The highest BCUT2D eigenvalue weighted by Crippen LogP contribution is 2.10. The molecule has 20 heavy (non-hydrogen) atoms. The molecular formula is C14H29ClN2O3. The van der Waals surface area contributed by atoms with Crippen LogP contribution in [0, 0.1) is 5.41 Å². The van der Waals surface area contributed by atoms with Gasteiger partial charge in [0.1, 0.15) is 6.04 Å². The van der Waals surface area contributed by atoms with Crippen molar-refractivity contribution >= 4 is 24.4 Å². The van der Waals surface area contributed by atoms with Crippen LogP contribution in [0.25, 0.3) is 0 Å². The Labute approximate surface area is 128 Å².